The molecule has 3 rings (SSSR count). The van der Waals surface area contributed by atoms with Gasteiger partial charge in [-0.05, 0) is 43.8 Å². The molecule has 0 aliphatic rings. The predicted molar refractivity (Wildman–Crippen MR) is 112 cm³/mol. The van der Waals surface area contributed by atoms with Gasteiger partial charge in [0.2, 0.25) is 5.91 Å². The second-order valence-corrected chi connectivity index (χ2v) is 7.12. The first-order chi connectivity index (χ1) is 13.5. The summed E-state index contributed by atoms with van der Waals surface area (Å²) in [5.74, 6) is 1.44. The number of rotatable bonds is 7. The van der Waals surface area contributed by atoms with E-state index in [-0.39, 0.29) is 12.5 Å². The third kappa shape index (κ3) is 4.67. The standard InChI is InChI=1S/C21H24N4O2S/c1-15-7-6-9-17(13-15)20-22-23-21(28)25(20)14-19(26)24(3)11-12-27-18-10-5-4-8-16(18)2/h4-10,13H,11-12,14H2,1-3H3,(H,23,28). The molecule has 1 heterocycles. The van der Waals surface area contributed by atoms with Crippen molar-refractivity contribution in [3.05, 3.63) is 64.4 Å². The highest BCUT2D eigenvalue weighted by molar-refractivity contribution is 7.71. The van der Waals surface area contributed by atoms with Gasteiger partial charge in [-0.15, -0.1) is 0 Å². The van der Waals surface area contributed by atoms with E-state index in [1.807, 2.05) is 62.4 Å². The summed E-state index contributed by atoms with van der Waals surface area (Å²) >= 11 is 5.33. The first-order valence-corrected chi connectivity index (χ1v) is 9.51. The van der Waals surface area contributed by atoms with Gasteiger partial charge < -0.3 is 9.64 Å². The number of ether oxygens (including phenoxy) is 1. The number of benzene rings is 2. The van der Waals surface area contributed by atoms with Crippen molar-refractivity contribution in [3.8, 4) is 17.1 Å². The van der Waals surface area contributed by atoms with Crippen molar-refractivity contribution in [3.63, 3.8) is 0 Å². The molecule has 0 saturated heterocycles. The average molecular weight is 397 g/mol. The molecule has 1 N–H and O–H groups in total. The van der Waals surface area contributed by atoms with Crippen molar-refractivity contribution in [2.45, 2.75) is 20.4 Å². The van der Waals surface area contributed by atoms with Gasteiger partial charge in [0.15, 0.2) is 10.6 Å². The number of likely N-dealkylation sites (N-methyl/N-ethyl adjacent to an activating group) is 1. The zero-order chi connectivity index (χ0) is 20.1. The maximum absolute atomic E-state index is 12.7. The molecule has 146 valence electrons. The maximum atomic E-state index is 12.7. The third-order valence-corrected chi connectivity index (χ3v) is 4.84. The van der Waals surface area contributed by atoms with Crippen LogP contribution in [0.2, 0.25) is 0 Å². The molecule has 2 aromatic carbocycles. The molecule has 1 amide bonds. The molecule has 0 bridgehead atoms. The van der Waals surface area contributed by atoms with Gasteiger partial charge in [-0.2, -0.15) is 5.10 Å². The van der Waals surface area contributed by atoms with Crippen molar-refractivity contribution in [1.29, 1.82) is 0 Å². The van der Waals surface area contributed by atoms with Crippen LogP contribution < -0.4 is 4.74 Å². The summed E-state index contributed by atoms with van der Waals surface area (Å²) in [5.41, 5.74) is 3.12. The molecular weight excluding hydrogens is 372 g/mol. The number of nitrogens with one attached hydrogen (secondary N) is 1. The van der Waals surface area contributed by atoms with Crippen LogP contribution in [0.15, 0.2) is 48.5 Å². The van der Waals surface area contributed by atoms with Crippen LogP contribution in [-0.2, 0) is 11.3 Å². The van der Waals surface area contributed by atoms with Crippen LogP contribution in [0.5, 0.6) is 5.75 Å². The minimum Gasteiger partial charge on any atom is -0.491 e. The van der Waals surface area contributed by atoms with Gasteiger partial charge in [-0.25, -0.2) is 0 Å². The van der Waals surface area contributed by atoms with E-state index in [9.17, 15) is 4.79 Å². The highest BCUT2D eigenvalue weighted by atomic mass is 32.1. The Balaban J connectivity index is 1.64. The summed E-state index contributed by atoms with van der Waals surface area (Å²) < 4.78 is 7.94. The molecule has 0 unspecified atom stereocenters. The van der Waals surface area contributed by atoms with Gasteiger partial charge >= 0.3 is 0 Å². The van der Waals surface area contributed by atoms with Crippen LogP contribution in [0.3, 0.4) is 0 Å². The van der Waals surface area contributed by atoms with Crippen LogP contribution in [-0.4, -0.2) is 45.8 Å². The molecule has 1 aromatic heterocycles. The number of amides is 1. The molecule has 0 spiro atoms. The quantitative estimate of drug-likeness (QED) is 0.618. The summed E-state index contributed by atoms with van der Waals surface area (Å²) in [4.78, 5) is 14.3. The molecule has 7 heteroatoms. The minimum absolute atomic E-state index is 0.0558. The van der Waals surface area contributed by atoms with E-state index in [0.29, 0.717) is 23.7 Å². The number of aromatic nitrogens is 3. The Kier molecular flexibility index (Phi) is 6.26. The van der Waals surface area contributed by atoms with Crippen LogP contribution in [0.25, 0.3) is 11.4 Å². The molecular formula is C21H24N4O2S. The fourth-order valence-corrected chi connectivity index (χ4v) is 3.06. The molecule has 0 fully saturated rings. The zero-order valence-corrected chi connectivity index (χ0v) is 17.1. The highest BCUT2D eigenvalue weighted by Crippen LogP contribution is 2.19. The fourth-order valence-electron chi connectivity index (χ4n) is 2.86. The fraction of sp³-hybridized carbons (Fsp3) is 0.286. The smallest absolute Gasteiger partial charge is 0.242 e. The Morgan fingerprint density at radius 2 is 2.00 bits per heavy atom. The van der Waals surface area contributed by atoms with Crippen LogP contribution in [0, 0.1) is 18.6 Å². The van der Waals surface area contributed by atoms with E-state index in [1.54, 1.807) is 16.5 Å². The van der Waals surface area contributed by atoms with Crippen LogP contribution in [0.1, 0.15) is 11.1 Å². The zero-order valence-electron chi connectivity index (χ0n) is 16.3. The molecule has 6 nitrogen and oxygen atoms in total. The molecule has 0 atom stereocenters. The number of hydrogen-bond acceptors (Lipinski definition) is 4. The van der Waals surface area contributed by atoms with Gasteiger partial charge in [0.25, 0.3) is 0 Å². The Morgan fingerprint density at radius 1 is 1.21 bits per heavy atom. The number of nitrogens with zero attached hydrogens (tertiary/aromatic N) is 3. The predicted octanol–water partition coefficient (Wildman–Crippen LogP) is 3.76. The third-order valence-electron chi connectivity index (χ3n) is 4.53. The van der Waals surface area contributed by atoms with E-state index in [1.165, 1.54) is 0 Å². The molecule has 28 heavy (non-hydrogen) atoms. The number of carbonyl (C=O) groups is 1. The number of hydrogen-bond donors (Lipinski definition) is 1. The van der Waals surface area contributed by atoms with Gasteiger partial charge in [0.05, 0.1) is 6.54 Å². The lowest BCUT2D eigenvalue weighted by Gasteiger charge is -2.18. The topological polar surface area (TPSA) is 63.2 Å². The number of para-hydroxylation sites is 1. The number of H-pyrrole nitrogens is 1. The molecule has 0 aliphatic carbocycles. The maximum Gasteiger partial charge on any atom is 0.242 e. The van der Waals surface area contributed by atoms with Crippen molar-refractivity contribution >= 4 is 18.1 Å². The average Bonchev–Trinajstić information content (AvgIpc) is 3.03. The SMILES string of the molecule is Cc1cccc(-c2n[nH]c(=S)n2CC(=O)N(C)CCOc2ccccc2C)c1. The Labute approximate surface area is 169 Å². The lowest BCUT2D eigenvalue weighted by atomic mass is 10.1. The Morgan fingerprint density at radius 3 is 2.75 bits per heavy atom. The highest BCUT2D eigenvalue weighted by Gasteiger charge is 2.15. The molecule has 0 saturated carbocycles. The van der Waals surface area contributed by atoms with E-state index in [2.05, 4.69) is 10.2 Å². The Hall–Kier alpha value is -2.93. The van der Waals surface area contributed by atoms with Gasteiger partial charge in [0.1, 0.15) is 18.9 Å². The van der Waals surface area contributed by atoms with E-state index in [0.717, 1.165) is 22.4 Å². The first kappa shape index (κ1) is 19.8. The number of carbonyl (C=O) groups excluding carboxylic acids is 1. The van der Waals surface area contributed by atoms with Crippen LogP contribution in [0.4, 0.5) is 0 Å². The second-order valence-electron chi connectivity index (χ2n) is 6.74. The number of aromatic amines is 1. The van der Waals surface area contributed by atoms with Crippen molar-refractivity contribution in [1.82, 2.24) is 19.7 Å². The summed E-state index contributed by atoms with van der Waals surface area (Å²) in [6.07, 6.45) is 0. The van der Waals surface area contributed by atoms with Crippen molar-refractivity contribution < 1.29 is 9.53 Å². The van der Waals surface area contributed by atoms with Gasteiger partial charge in [0, 0.05) is 12.6 Å². The van der Waals surface area contributed by atoms with Crippen LogP contribution >= 0.6 is 12.2 Å². The molecule has 3 aromatic rings. The summed E-state index contributed by atoms with van der Waals surface area (Å²) in [5, 5.41) is 7.09. The van der Waals surface area contributed by atoms with E-state index >= 15 is 0 Å². The Bertz CT molecular complexity index is 1020. The molecule has 0 aliphatic heterocycles. The lowest BCUT2D eigenvalue weighted by molar-refractivity contribution is -0.130. The van der Waals surface area contributed by atoms with Crippen molar-refractivity contribution in [2.75, 3.05) is 20.2 Å². The first-order valence-electron chi connectivity index (χ1n) is 9.10. The lowest BCUT2D eigenvalue weighted by Crippen LogP contribution is -2.33. The second kappa shape index (κ2) is 8.84. The molecule has 0 radical (unpaired) electrons. The normalized spacial score (nSPS) is 10.7. The van der Waals surface area contributed by atoms with E-state index in [4.69, 9.17) is 17.0 Å². The monoisotopic (exact) mass is 396 g/mol. The van der Waals surface area contributed by atoms with Gasteiger partial charge in [-0.1, -0.05) is 42.0 Å². The summed E-state index contributed by atoms with van der Waals surface area (Å²) in [6.45, 7) is 5.05. The van der Waals surface area contributed by atoms with E-state index < -0.39 is 0 Å². The largest absolute Gasteiger partial charge is 0.491 e. The van der Waals surface area contributed by atoms with Gasteiger partial charge in [-0.3, -0.25) is 14.5 Å². The summed E-state index contributed by atoms with van der Waals surface area (Å²) in [6, 6.07) is 15.8. The minimum atomic E-state index is -0.0558. The van der Waals surface area contributed by atoms with Crippen molar-refractivity contribution in [2.24, 2.45) is 0 Å². The summed E-state index contributed by atoms with van der Waals surface area (Å²) in [7, 11) is 1.76. The number of aryl methyl sites for hydroxylation is 2.